The molecule has 0 bridgehead atoms. The number of nitrogen functional groups attached to an aromatic ring is 1. The predicted molar refractivity (Wildman–Crippen MR) is 97.9 cm³/mol. The first-order valence-corrected chi connectivity index (χ1v) is 8.66. The van der Waals surface area contributed by atoms with Crippen molar-refractivity contribution in [2.45, 2.75) is 17.9 Å². The summed E-state index contributed by atoms with van der Waals surface area (Å²) in [6.45, 7) is -0.912. The van der Waals surface area contributed by atoms with Crippen molar-refractivity contribution >= 4 is 22.9 Å². The molecule has 3 aromatic heterocycles. The third-order valence-electron chi connectivity index (χ3n) is 4.80. The molecule has 13 nitrogen and oxygen atoms in total. The van der Waals surface area contributed by atoms with Gasteiger partial charge in [0.15, 0.2) is 23.3 Å². The second kappa shape index (κ2) is 6.73. The molecule has 5 N–H and O–H groups in total. The Hall–Kier alpha value is -3.13. The minimum Gasteiger partial charge on any atom is -0.393 e. The van der Waals surface area contributed by atoms with Crippen molar-refractivity contribution in [3.63, 3.8) is 0 Å². The minimum atomic E-state index is -1.94. The van der Waals surface area contributed by atoms with E-state index in [4.69, 9.17) is 10.5 Å². The highest BCUT2D eigenvalue weighted by Gasteiger charge is 2.51. The highest BCUT2D eigenvalue weighted by atomic mass is 16.6. The number of aliphatic hydroxyl groups excluding tert-OH is 2. The van der Waals surface area contributed by atoms with Gasteiger partial charge in [0.2, 0.25) is 0 Å². The molecule has 29 heavy (non-hydrogen) atoms. The van der Waals surface area contributed by atoms with Crippen LogP contribution in [0, 0.1) is 0 Å². The van der Waals surface area contributed by atoms with Crippen LogP contribution in [0.4, 0.5) is 5.82 Å². The molecular weight excluding hydrogens is 384 g/mol. The summed E-state index contributed by atoms with van der Waals surface area (Å²) in [7, 11) is 3.24. The Morgan fingerprint density at radius 2 is 2.21 bits per heavy atom. The van der Waals surface area contributed by atoms with Gasteiger partial charge in [-0.3, -0.25) is 9.36 Å². The van der Waals surface area contributed by atoms with Crippen LogP contribution < -0.4 is 5.73 Å². The van der Waals surface area contributed by atoms with Gasteiger partial charge >= 0.3 is 0 Å². The molecule has 1 aliphatic heterocycles. The van der Waals surface area contributed by atoms with Crippen LogP contribution in [0.25, 0.3) is 17.1 Å². The number of nitrogens with zero attached hydrogens (tertiary/aromatic N) is 7. The molecule has 0 aliphatic carbocycles. The topological polar surface area (TPSA) is 178 Å². The fourth-order valence-electron chi connectivity index (χ4n) is 3.14. The second-order valence-electron chi connectivity index (χ2n) is 6.96. The zero-order valence-corrected chi connectivity index (χ0v) is 15.7. The Kier molecular flexibility index (Phi) is 4.46. The van der Waals surface area contributed by atoms with Crippen LogP contribution in [-0.2, 0) is 4.74 Å². The molecule has 0 saturated carbocycles. The van der Waals surface area contributed by atoms with Crippen molar-refractivity contribution in [2.75, 3.05) is 33.0 Å². The van der Waals surface area contributed by atoms with Gasteiger partial charge in [0.25, 0.3) is 11.9 Å². The number of hydrogen-bond donors (Lipinski definition) is 4. The van der Waals surface area contributed by atoms with E-state index in [2.05, 4.69) is 20.1 Å². The molecule has 154 valence electrons. The molecule has 3 atom stereocenters. The van der Waals surface area contributed by atoms with Gasteiger partial charge in [-0.15, -0.1) is 0 Å². The fourth-order valence-corrected chi connectivity index (χ4v) is 3.14. The quantitative estimate of drug-likeness (QED) is 0.377. The first-order valence-electron chi connectivity index (χ1n) is 8.66. The Morgan fingerprint density at radius 3 is 2.90 bits per heavy atom. The van der Waals surface area contributed by atoms with E-state index in [0.29, 0.717) is 5.56 Å². The smallest absolute Gasteiger partial charge is 0.256 e. The van der Waals surface area contributed by atoms with Gasteiger partial charge in [-0.05, 0) is 0 Å². The standard InChI is InChI=1S/C16H20N8O5/c1-22(2)13(27)8-3-19-24(4-8)15-20-11(17)10-12(21-15)23(7-18-10)14-16(28,6-25)9(26)5-29-14/h3-4,7,9,14,25-26,28H,5-6H2,1-2H3,(H2,17,20,21)/t9-,14+,16+/m0/s1. The number of rotatable bonds is 4. The number of aliphatic hydroxyl groups is 3. The summed E-state index contributed by atoms with van der Waals surface area (Å²) < 4.78 is 8.10. The van der Waals surface area contributed by atoms with Gasteiger partial charge in [-0.25, -0.2) is 9.67 Å². The molecule has 3 aromatic rings. The fraction of sp³-hybridized carbons (Fsp3) is 0.438. The van der Waals surface area contributed by atoms with E-state index in [1.54, 1.807) is 14.1 Å². The van der Waals surface area contributed by atoms with Crippen LogP contribution in [0.15, 0.2) is 18.7 Å². The number of carbonyl (C=O) groups excluding carboxylic acids is 1. The number of imidazole rings is 1. The maximum absolute atomic E-state index is 12.1. The number of hydrogen-bond acceptors (Lipinski definition) is 10. The van der Waals surface area contributed by atoms with Crippen LogP contribution in [-0.4, -0.2) is 94.4 Å². The summed E-state index contributed by atoms with van der Waals surface area (Å²) in [6.07, 6.45) is 1.73. The normalized spacial score (nSPS) is 24.3. The lowest BCUT2D eigenvalue weighted by molar-refractivity contribution is -0.132. The molecule has 4 rings (SSSR count). The molecule has 1 fully saturated rings. The molecule has 0 unspecified atom stereocenters. The van der Waals surface area contributed by atoms with Crippen molar-refractivity contribution in [3.8, 4) is 5.95 Å². The van der Waals surface area contributed by atoms with Crippen LogP contribution in [0.2, 0.25) is 0 Å². The average Bonchev–Trinajstić information content (AvgIpc) is 3.40. The van der Waals surface area contributed by atoms with E-state index in [9.17, 15) is 20.1 Å². The minimum absolute atomic E-state index is 0.0471. The van der Waals surface area contributed by atoms with Gasteiger partial charge < -0.3 is 30.7 Å². The monoisotopic (exact) mass is 404 g/mol. The van der Waals surface area contributed by atoms with E-state index in [1.807, 2.05) is 0 Å². The number of ether oxygens (including phenoxy) is 1. The van der Waals surface area contributed by atoms with E-state index in [0.717, 1.165) is 0 Å². The van der Waals surface area contributed by atoms with Crippen molar-refractivity contribution in [3.05, 3.63) is 24.3 Å². The van der Waals surface area contributed by atoms with Gasteiger partial charge in [0.05, 0.1) is 31.3 Å². The highest BCUT2D eigenvalue weighted by molar-refractivity contribution is 5.93. The largest absolute Gasteiger partial charge is 0.393 e. The zero-order valence-electron chi connectivity index (χ0n) is 15.7. The van der Waals surface area contributed by atoms with Gasteiger partial charge in [0, 0.05) is 20.3 Å². The lowest BCUT2D eigenvalue weighted by Gasteiger charge is -2.29. The van der Waals surface area contributed by atoms with E-state index in [-0.39, 0.29) is 35.4 Å². The van der Waals surface area contributed by atoms with Crippen LogP contribution in [0.1, 0.15) is 16.6 Å². The Bertz CT molecular complexity index is 1080. The molecular formula is C16H20N8O5. The van der Waals surface area contributed by atoms with E-state index < -0.39 is 24.5 Å². The van der Waals surface area contributed by atoms with Crippen molar-refractivity contribution in [2.24, 2.45) is 0 Å². The number of amides is 1. The molecule has 1 aliphatic rings. The molecule has 13 heteroatoms. The molecule has 0 spiro atoms. The molecule has 1 saturated heterocycles. The number of fused-ring (bicyclic) bond motifs is 1. The molecule has 0 radical (unpaired) electrons. The first kappa shape index (κ1) is 19.2. The average molecular weight is 404 g/mol. The van der Waals surface area contributed by atoms with Gasteiger partial charge in [0.1, 0.15) is 11.6 Å². The van der Waals surface area contributed by atoms with Crippen molar-refractivity contribution < 1.29 is 24.9 Å². The summed E-state index contributed by atoms with van der Waals surface area (Å²) in [5, 5.41) is 34.3. The third kappa shape index (κ3) is 2.91. The maximum atomic E-state index is 12.1. The summed E-state index contributed by atoms with van der Waals surface area (Å²) in [5.41, 5.74) is 4.85. The van der Waals surface area contributed by atoms with Crippen LogP contribution in [0.5, 0.6) is 0 Å². The number of carbonyl (C=O) groups is 1. The second-order valence-corrected chi connectivity index (χ2v) is 6.96. The summed E-state index contributed by atoms with van der Waals surface area (Å²) >= 11 is 0. The lowest BCUT2D eigenvalue weighted by Crippen LogP contribution is -2.48. The molecule has 4 heterocycles. The molecule has 1 amide bonds. The Labute approximate surface area is 164 Å². The van der Waals surface area contributed by atoms with Gasteiger partial charge in [-0.1, -0.05) is 0 Å². The summed E-state index contributed by atoms with van der Waals surface area (Å²) in [5.74, 6) is -0.122. The summed E-state index contributed by atoms with van der Waals surface area (Å²) in [6, 6.07) is 0. The SMILES string of the molecule is CN(C)C(=O)c1cnn(-c2nc(N)c3ncn([C@@H]4OC[C@H](O)[C@]4(O)CO)c3n2)c1. The summed E-state index contributed by atoms with van der Waals surface area (Å²) in [4.78, 5) is 26.2. The molecule has 0 aromatic carbocycles. The predicted octanol–water partition coefficient (Wildman–Crippen LogP) is -2.09. The number of aromatic nitrogens is 6. The van der Waals surface area contributed by atoms with Gasteiger partial charge in [-0.2, -0.15) is 15.1 Å². The third-order valence-corrected chi connectivity index (χ3v) is 4.80. The van der Waals surface area contributed by atoms with Crippen LogP contribution >= 0.6 is 0 Å². The van der Waals surface area contributed by atoms with E-state index in [1.165, 1.54) is 32.9 Å². The number of anilines is 1. The maximum Gasteiger partial charge on any atom is 0.256 e. The van der Waals surface area contributed by atoms with E-state index >= 15 is 0 Å². The highest BCUT2D eigenvalue weighted by Crippen LogP contribution is 2.36. The van der Waals surface area contributed by atoms with Crippen molar-refractivity contribution in [1.29, 1.82) is 0 Å². The lowest BCUT2D eigenvalue weighted by atomic mass is 9.98. The number of nitrogens with two attached hydrogens (primary N) is 1. The van der Waals surface area contributed by atoms with Crippen LogP contribution in [0.3, 0.4) is 0 Å². The van der Waals surface area contributed by atoms with Crippen molar-refractivity contribution in [1.82, 2.24) is 34.2 Å². The Balaban J connectivity index is 1.80. The first-order chi connectivity index (χ1) is 13.8. The zero-order chi connectivity index (χ0) is 20.9. The Morgan fingerprint density at radius 1 is 1.45 bits per heavy atom.